The van der Waals surface area contributed by atoms with Gasteiger partial charge in [0.2, 0.25) is 5.91 Å². The van der Waals surface area contributed by atoms with Gasteiger partial charge in [0, 0.05) is 41.7 Å². The van der Waals surface area contributed by atoms with E-state index in [-0.39, 0.29) is 11.9 Å². The largest absolute Gasteiger partial charge is 0.497 e. The Hall–Kier alpha value is -2.95. The van der Waals surface area contributed by atoms with Gasteiger partial charge in [0.25, 0.3) is 0 Å². The Balaban J connectivity index is 1.49. The van der Waals surface area contributed by atoms with Gasteiger partial charge in [-0.1, -0.05) is 18.2 Å². The van der Waals surface area contributed by atoms with Crippen molar-refractivity contribution < 1.29 is 14.3 Å². The third kappa shape index (κ3) is 3.44. The SMILES string of the molecule is COc1ccc(C2CCCN2C(=O)CCc2c[nH]c3ccccc23)c(OC)c1. The molecule has 3 aromatic rings. The van der Waals surface area contributed by atoms with Crippen LogP contribution in [-0.2, 0) is 11.2 Å². The minimum atomic E-state index is 0.0660. The van der Waals surface area contributed by atoms with E-state index in [0.29, 0.717) is 6.42 Å². The first-order valence-electron chi connectivity index (χ1n) is 9.77. The van der Waals surface area contributed by atoms with Crippen molar-refractivity contribution >= 4 is 16.8 Å². The topological polar surface area (TPSA) is 54.6 Å². The molecule has 0 saturated carbocycles. The number of amides is 1. The van der Waals surface area contributed by atoms with Gasteiger partial charge < -0.3 is 19.4 Å². The molecule has 1 saturated heterocycles. The molecule has 0 aliphatic carbocycles. The average Bonchev–Trinajstić information content (AvgIpc) is 3.38. The third-order valence-electron chi connectivity index (χ3n) is 5.66. The standard InChI is InChI=1S/C23H26N2O3/c1-27-17-10-11-19(22(14-17)28-2)21-8-5-13-25(21)23(26)12-9-16-15-24-20-7-4-3-6-18(16)20/h3-4,6-7,10-11,14-15,21,24H,5,8-9,12-13H2,1-2H3. The molecule has 0 bridgehead atoms. The van der Waals surface area contributed by atoms with Crippen molar-refractivity contribution in [2.24, 2.45) is 0 Å². The number of aryl methyl sites for hydroxylation is 1. The number of benzene rings is 2. The highest BCUT2D eigenvalue weighted by Crippen LogP contribution is 2.39. The maximum atomic E-state index is 13.0. The van der Waals surface area contributed by atoms with Gasteiger partial charge >= 0.3 is 0 Å². The molecule has 1 atom stereocenters. The summed E-state index contributed by atoms with van der Waals surface area (Å²) in [4.78, 5) is 18.3. The monoisotopic (exact) mass is 378 g/mol. The van der Waals surface area contributed by atoms with Crippen LogP contribution in [0.15, 0.2) is 48.7 Å². The molecule has 28 heavy (non-hydrogen) atoms. The molecule has 1 fully saturated rings. The van der Waals surface area contributed by atoms with Crippen molar-refractivity contribution in [3.8, 4) is 11.5 Å². The second-order valence-corrected chi connectivity index (χ2v) is 7.21. The minimum absolute atomic E-state index is 0.0660. The molecule has 1 aliphatic heterocycles. The van der Waals surface area contributed by atoms with Crippen molar-refractivity contribution in [3.05, 3.63) is 59.8 Å². The lowest BCUT2D eigenvalue weighted by atomic mass is 10.0. The summed E-state index contributed by atoms with van der Waals surface area (Å²) >= 11 is 0. The lowest BCUT2D eigenvalue weighted by Crippen LogP contribution is -2.30. The summed E-state index contributed by atoms with van der Waals surface area (Å²) in [6, 6.07) is 14.1. The molecule has 2 heterocycles. The quantitative estimate of drug-likeness (QED) is 0.688. The molecule has 5 heteroatoms. The summed E-state index contributed by atoms with van der Waals surface area (Å²) in [5.74, 6) is 1.74. The molecule has 1 unspecified atom stereocenters. The maximum absolute atomic E-state index is 13.0. The summed E-state index contributed by atoms with van der Waals surface area (Å²) in [5.41, 5.74) is 3.37. The van der Waals surface area contributed by atoms with Gasteiger partial charge in [-0.05, 0) is 43.0 Å². The fraction of sp³-hybridized carbons (Fsp3) is 0.348. The van der Waals surface area contributed by atoms with Gasteiger partial charge in [0.1, 0.15) is 11.5 Å². The second kappa shape index (κ2) is 7.97. The highest BCUT2D eigenvalue weighted by atomic mass is 16.5. The smallest absolute Gasteiger partial charge is 0.223 e. The molecule has 4 rings (SSSR count). The van der Waals surface area contributed by atoms with Gasteiger partial charge in [-0.15, -0.1) is 0 Å². The van der Waals surface area contributed by atoms with Crippen molar-refractivity contribution in [1.29, 1.82) is 0 Å². The minimum Gasteiger partial charge on any atom is -0.497 e. The average molecular weight is 378 g/mol. The van der Waals surface area contributed by atoms with Crippen LogP contribution >= 0.6 is 0 Å². The number of carbonyl (C=O) groups excluding carboxylic acids is 1. The highest BCUT2D eigenvalue weighted by Gasteiger charge is 2.31. The van der Waals surface area contributed by atoms with Crippen LogP contribution in [0, 0.1) is 0 Å². The van der Waals surface area contributed by atoms with Crippen molar-refractivity contribution in [2.45, 2.75) is 31.7 Å². The van der Waals surface area contributed by atoms with Crippen LogP contribution in [0.4, 0.5) is 0 Å². The first-order chi connectivity index (χ1) is 13.7. The van der Waals surface area contributed by atoms with Crippen molar-refractivity contribution in [1.82, 2.24) is 9.88 Å². The lowest BCUT2D eigenvalue weighted by molar-refractivity contribution is -0.132. The van der Waals surface area contributed by atoms with Crippen LogP contribution in [0.2, 0.25) is 0 Å². The summed E-state index contributed by atoms with van der Waals surface area (Å²) in [7, 11) is 3.31. The number of H-pyrrole nitrogens is 1. The van der Waals surface area contributed by atoms with Gasteiger partial charge in [-0.3, -0.25) is 4.79 Å². The Bertz CT molecular complexity index is 979. The molecular weight excluding hydrogens is 352 g/mol. The van der Waals surface area contributed by atoms with E-state index < -0.39 is 0 Å². The normalized spacial score (nSPS) is 16.5. The predicted octanol–water partition coefficient (Wildman–Crippen LogP) is 4.48. The van der Waals surface area contributed by atoms with Crippen LogP contribution in [-0.4, -0.2) is 36.6 Å². The van der Waals surface area contributed by atoms with E-state index in [1.54, 1.807) is 14.2 Å². The van der Waals surface area contributed by atoms with E-state index in [9.17, 15) is 4.79 Å². The van der Waals surface area contributed by atoms with E-state index in [4.69, 9.17) is 9.47 Å². The van der Waals surface area contributed by atoms with Gasteiger partial charge in [0.15, 0.2) is 0 Å². The molecule has 1 amide bonds. The summed E-state index contributed by atoms with van der Waals surface area (Å²) < 4.78 is 10.9. The van der Waals surface area contributed by atoms with Crippen LogP contribution in [0.1, 0.15) is 36.4 Å². The fourth-order valence-electron chi connectivity index (χ4n) is 4.21. The number of carbonyl (C=O) groups is 1. The van der Waals surface area contributed by atoms with Gasteiger partial charge in [0.05, 0.1) is 20.3 Å². The number of aromatic amines is 1. The number of hydrogen-bond donors (Lipinski definition) is 1. The first-order valence-corrected chi connectivity index (χ1v) is 9.77. The molecule has 2 aromatic carbocycles. The third-order valence-corrected chi connectivity index (χ3v) is 5.66. The summed E-state index contributed by atoms with van der Waals surface area (Å²) in [6.45, 7) is 0.798. The number of nitrogens with zero attached hydrogens (tertiary/aromatic N) is 1. The van der Waals surface area contributed by atoms with Gasteiger partial charge in [-0.2, -0.15) is 0 Å². The number of fused-ring (bicyclic) bond motifs is 1. The van der Waals surface area contributed by atoms with E-state index in [1.165, 1.54) is 10.9 Å². The van der Waals surface area contributed by atoms with E-state index in [2.05, 4.69) is 17.1 Å². The maximum Gasteiger partial charge on any atom is 0.223 e. The zero-order valence-corrected chi connectivity index (χ0v) is 16.4. The van der Waals surface area contributed by atoms with Crippen LogP contribution < -0.4 is 9.47 Å². The number of rotatable bonds is 6. The van der Waals surface area contributed by atoms with Crippen molar-refractivity contribution in [2.75, 3.05) is 20.8 Å². The molecule has 0 spiro atoms. The summed E-state index contributed by atoms with van der Waals surface area (Å²) in [5, 5.41) is 1.20. The molecule has 146 valence electrons. The van der Waals surface area contributed by atoms with Crippen LogP contribution in [0.5, 0.6) is 11.5 Å². The Morgan fingerprint density at radius 1 is 1.18 bits per heavy atom. The molecule has 1 N–H and O–H groups in total. The van der Waals surface area contributed by atoms with Crippen LogP contribution in [0.25, 0.3) is 10.9 Å². The number of nitrogens with one attached hydrogen (secondary N) is 1. The number of methoxy groups -OCH3 is 2. The second-order valence-electron chi connectivity index (χ2n) is 7.21. The Kier molecular flexibility index (Phi) is 5.24. The number of aromatic nitrogens is 1. The Morgan fingerprint density at radius 3 is 2.86 bits per heavy atom. The van der Waals surface area contributed by atoms with Gasteiger partial charge in [-0.25, -0.2) is 0 Å². The first kappa shape index (κ1) is 18.4. The van der Waals surface area contributed by atoms with E-state index in [0.717, 1.165) is 48.4 Å². The molecule has 1 aliphatic rings. The molecule has 5 nitrogen and oxygen atoms in total. The molecular formula is C23H26N2O3. The Morgan fingerprint density at radius 2 is 2.04 bits per heavy atom. The number of likely N-dealkylation sites (tertiary alicyclic amines) is 1. The Labute approximate surface area is 165 Å². The highest BCUT2D eigenvalue weighted by molar-refractivity contribution is 5.84. The number of para-hydroxylation sites is 1. The molecule has 0 radical (unpaired) electrons. The zero-order valence-electron chi connectivity index (χ0n) is 16.4. The van der Waals surface area contributed by atoms with E-state index in [1.807, 2.05) is 41.4 Å². The lowest BCUT2D eigenvalue weighted by Gasteiger charge is -2.26. The zero-order chi connectivity index (χ0) is 19.5. The predicted molar refractivity (Wildman–Crippen MR) is 110 cm³/mol. The van der Waals surface area contributed by atoms with Crippen molar-refractivity contribution in [3.63, 3.8) is 0 Å². The van der Waals surface area contributed by atoms with E-state index >= 15 is 0 Å². The summed E-state index contributed by atoms with van der Waals surface area (Å²) in [6.07, 6.45) is 5.24. The molecule has 1 aromatic heterocycles. The fourth-order valence-corrected chi connectivity index (χ4v) is 4.21. The number of hydrogen-bond acceptors (Lipinski definition) is 3. The van der Waals surface area contributed by atoms with Crippen LogP contribution in [0.3, 0.4) is 0 Å². The number of ether oxygens (including phenoxy) is 2.